The van der Waals surface area contributed by atoms with E-state index in [1.54, 1.807) is 0 Å². The van der Waals surface area contributed by atoms with E-state index in [0.717, 1.165) is 0 Å². The first-order valence-electron chi connectivity index (χ1n) is 8.64. The van der Waals surface area contributed by atoms with Gasteiger partial charge in [-0.1, -0.05) is 0 Å². The second-order valence-electron chi connectivity index (χ2n) is 6.21. The first kappa shape index (κ1) is 19.2. The van der Waals surface area contributed by atoms with Crippen LogP contribution >= 0.6 is 24.0 Å². The maximum atomic E-state index is 2.32. The van der Waals surface area contributed by atoms with E-state index >= 15 is 0 Å². The summed E-state index contributed by atoms with van der Waals surface area (Å²) in [7, 11) is 0. The van der Waals surface area contributed by atoms with Gasteiger partial charge in [-0.3, -0.25) is 0 Å². The zero-order chi connectivity index (χ0) is 17.0. The average Bonchev–Trinajstić information content (AvgIpc) is 2.72. The first-order valence-corrected chi connectivity index (χ1v) is 14.4. The second kappa shape index (κ2) is 8.88. The zero-order valence-electron chi connectivity index (χ0n) is 14.4. The van der Waals surface area contributed by atoms with E-state index in [9.17, 15) is 0 Å². The average molecular weight is 558 g/mol. The number of hydrogen-bond donors (Lipinski definition) is 0. The fourth-order valence-corrected chi connectivity index (χ4v) is 17.4. The van der Waals surface area contributed by atoms with Crippen LogP contribution in [0, 0.1) is 0 Å². The van der Waals surface area contributed by atoms with E-state index in [1.165, 1.54) is 14.0 Å². The van der Waals surface area contributed by atoms with Crippen molar-refractivity contribution in [2.75, 3.05) is 0 Å². The molecule has 0 N–H and O–H groups in total. The van der Waals surface area contributed by atoms with Crippen molar-refractivity contribution >= 4 is 56.8 Å². The van der Waals surface area contributed by atoms with Gasteiger partial charge >= 0.3 is 154 Å². The van der Waals surface area contributed by atoms with Gasteiger partial charge in [0.2, 0.25) is 0 Å². The molecule has 0 atom stereocenters. The van der Waals surface area contributed by atoms with Crippen molar-refractivity contribution in [3.8, 4) is 0 Å². The van der Waals surface area contributed by atoms with E-state index < -0.39 is 18.8 Å². The third-order valence-corrected chi connectivity index (χ3v) is 18.5. The van der Waals surface area contributed by atoms with Crippen LogP contribution in [0.1, 0.15) is 0 Å². The third kappa shape index (κ3) is 3.48. The number of benzene rings is 4. The fraction of sp³-hybridized carbons (Fsp3) is 0. The molecule has 129 valence electrons. The summed E-state index contributed by atoms with van der Waals surface area (Å²) in [4.78, 5) is 0. The van der Waals surface area contributed by atoms with Crippen LogP contribution in [0.2, 0.25) is 0 Å². The Hall–Kier alpha value is -1.57. The molecule has 0 nitrogen and oxygen atoms in total. The van der Waals surface area contributed by atoms with Crippen molar-refractivity contribution in [1.29, 1.82) is 0 Å². The van der Waals surface area contributed by atoms with Crippen LogP contribution in [0.5, 0.6) is 0 Å². The molecule has 4 rings (SSSR count). The molecule has 0 amide bonds. The predicted molar refractivity (Wildman–Crippen MR) is 125 cm³/mol. The van der Waals surface area contributed by atoms with E-state index in [4.69, 9.17) is 0 Å². The van der Waals surface area contributed by atoms with Gasteiger partial charge in [-0.05, 0) is 0 Å². The van der Waals surface area contributed by atoms with Gasteiger partial charge in [0.1, 0.15) is 0 Å². The van der Waals surface area contributed by atoms with Crippen molar-refractivity contribution in [1.82, 2.24) is 0 Å². The summed E-state index contributed by atoms with van der Waals surface area (Å²) in [5.74, 6) is 0. The molecule has 4 aromatic carbocycles. The van der Waals surface area contributed by atoms with Gasteiger partial charge < -0.3 is 0 Å². The summed E-state index contributed by atoms with van der Waals surface area (Å²) < 4.78 is 5.95. The summed E-state index contributed by atoms with van der Waals surface area (Å²) in [6.07, 6.45) is 0. The van der Waals surface area contributed by atoms with Crippen LogP contribution in [0.15, 0.2) is 121 Å². The molecule has 4 aromatic rings. The van der Waals surface area contributed by atoms with Gasteiger partial charge in [0.15, 0.2) is 0 Å². The first-order chi connectivity index (χ1) is 12.4. The topological polar surface area (TPSA) is 0 Å². The van der Waals surface area contributed by atoms with Crippen LogP contribution in [-0.4, -0.2) is 18.8 Å². The van der Waals surface area contributed by atoms with Crippen molar-refractivity contribution in [2.45, 2.75) is 0 Å². The number of halogens is 1. The summed E-state index contributed by atoms with van der Waals surface area (Å²) >= 11 is -3.31. The van der Waals surface area contributed by atoms with Crippen molar-refractivity contribution in [3.05, 3.63) is 121 Å². The molecule has 0 fully saturated rings. The summed E-state index contributed by atoms with van der Waals surface area (Å²) in [6, 6.07) is 44.4. The van der Waals surface area contributed by atoms with Crippen LogP contribution in [0.3, 0.4) is 0 Å². The van der Waals surface area contributed by atoms with E-state index in [1.807, 2.05) is 0 Å². The molecule has 0 saturated heterocycles. The van der Waals surface area contributed by atoms with Gasteiger partial charge in [0.25, 0.3) is 0 Å². The Kier molecular flexibility index (Phi) is 6.56. The molecule has 1 radical (unpaired) electrons. The van der Waals surface area contributed by atoms with Crippen LogP contribution in [-0.2, 0) is 0 Å². The van der Waals surface area contributed by atoms with Crippen molar-refractivity contribution < 1.29 is 0 Å². The Balaban J connectivity index is 0.00000196. The molecule has 0 heterocycles. The quantitative estimate of drug-likeness (QED) is 0.265. The third-order valence-electron chi connectivity index (χ3n) is 4.83. The Labute approximate surface area is 176 Å². The normalized spacial score (nSPS) is 11.4. The Morgan fingerprint density at radius 1 is 0.308 bits per heavy atom. The molecule has 2 heteroatoms. The molecule has 0 aliphatic heterocycles. The molecular formula is C24H21ISb. The Morgan fingerprint density at radius 3 is 0.692 bits per heavy atom. The molecule has 0 aliphatic carbocycles. The minimum absolute atomic E-state index is 0. The zero-order valence-corrected chi connectivity index (χ0v) is 19.4. The molecule has 0 aliphatic rings. The standard InChI is InChI=1S/4C6H5.I.Sb.H/c4*1-2-4-6-5-3-1;;;/h4*1-5H;;;. The van der Waals surface area contributed by atoms with Crippen molar-refractivity contribution in [3.63, 3.8) is 0 Å². The molecule has 0 bridgehead atoms. The number of hydrogen-bond acceptors (Lipinski definition) is 0. The van der Waals surface area contributed by atoms with E-state index in [2.05, 4.69) is 121 Å². The summed E-state index contributed by atoms with van der Waals surface area (Å²) in [5, 5.41) is 0. The van der Waals surface area contributed by atoms with E-state index in [-0.39, 0.29) is 24.0 Å². The molecular weight excluding hydrogens is 537 g/mol. The van der Waals surface area contributed by atoms with E-state index in [0.29, 0.717) is 0 Å². The number of rotatable bonds is 4. The Morgan fingerprint density at radius 2 is 0.500 bits per heavy atom. The SMILES string of the molecule is [I].c1cc[c]([SbH]([c]2ccccc2)([c]2ccccc2)[c]2ccccc2)cc1. The molecule has 0 spiro atoms. The maximum absolute atomic E-state index is 3.31. The van der Waals surface area contributed by atoms with Crippen LogP contribution in [0.25, 0.3) is 0 Å². The van der Waals surface area contributed by atoms with Gasteiger partial charge in [0, 0.05) is 24.0 Å². The summed E-state index contributed by atoms with van der Waals surface area (Å²) in [6.45, 7) is 0. The van der Waals surface area contributed by atoms with Gasteiger partial charge in [0.05, 0.1) is 0 Å². The van der Waals surface area contributed by atoms with Gasteiger partial charge in [-0.25, -0.2) is 0 Å². The molecule has 0 aromatic heterocycles. The molecule has 0 unspecified atom stereocenters. The predicted octanol–water partition coefficient (Wildman–Crippen LogP) is 3.68. The summed E-state index contributed by atoms with van der Waals surface area (Å²) in [5.41, 5.74) is 0. The van der Waals surface area contributed by atoms with Crippen LogP contribution < -0.4 is 14.0 Å². The minimum atomic E-state index is -3.31. The van der Waals surface area contributed by atoms with Crippen molar-refractivity contribution in [2.24, 2.45) is 0 Å². The van der Waals surface area contributed by atoms with Gasteiger partial charge in [-0.2, -0.15) is 0 Å². The monoisotopic (exact) mass is 557 g/mol. The Bertz CT molecular complexity index is 759. The fourth-order valence-electron chi connectivity index (χ4n) is 3.75. The van der Waals surface area contributed by atoms with Crippen LogP contribution in [0.4, 0.5) is 0 Å². The second-order valence-corrected chi connectivity index (χ2v) is 17.1. The van der Waals surface area contributed by atoms with Gasteiger partial charge in [-0.15, -0.1) is 0 Å². The molecule has 0 saturated carbocycles. The molecule has 26 heavy (non-hydrogen) atoms.